The predicted molar refractivity (Wildman–Crippen MR) is 74.4 cm³/mol. The van der Waals surface area contributed by atoms with Crippen molar-refractivity contribution in [3.8, 4) is 5.69 Å². The van der Waals surface area contributed by atoms with E-state index in [1.807, 2.05) is 36.9 Å². The molecular weight excluding hydrogens is 254 g/mol. The van der Waals surface area contributed by atoms with Crippen molar-refractivity contribution >= 4 is 5.69 Å². The van der Waals surface area contributed by atoms with Gasteiger partial charge in [-0.25, -0.2) is 9.67 Å². The van der Waals surface area contributed by atoms with E-state index in [0.29, 0.717) is 0 Å². The summed E-state index contributed by atoms with van der Waals surface area (Å²) in [4.78, 5) is 4.10. The van der Waals surface area contributed by atoms with Crippen LogP contribution in [0.2, 0.25) is 0 Å². The zero-order chi connectivity index (χ0) is 13.9. The Morgan fingerprint density at radius 3 is 2.80 bits per heavy atom. The van der Waals surface area contributed by atoms with E-state index < -0.39 is 0 Å². The first-order valence-corrected chi connectivity index (χ1v) is 6.27. The molecule has 0 radical (unpaired) electrons. The lowest BCUT2D eigenvalue weighted by atomic mass is 10.2. The summed E-state index contributed by atoms with van der Waals surface area (Å²) in [5.41, 5.74) is 4.26. The van der Waals surface area contributed by atoms with Crippen molar-refractivity contribution in [3.63, 3.8) is 0 Å². The first kappa shape index (κ1) is 12.3. The second-order valence-electron chi connectivity index (χ2n) is 4.61. The van der Waals surface area contributed by atoms with Gasteiger partial charge in [0.15, 0.2) is 0 Å². The van der Waals surface area contributed by atoms with Crippen LogP contribution in [-0.2, 0) is 13.6 Å². The number of rotatable bonds is 4. The molecule has 102 valence electrons. The van der Waals surface area contributed by atoms with Gasteiger partial charge in [-0.05, 0) is 41.1 Å². The number of imidazole rings is 1. The second-order valence-corrected chi connectivity index (χ2v) is 4.61. The van der Waals surface area contributed by atoms with Crippen LogP contribution in [0.1, 0.15) is 11.3 Å². The minimum atomic E-state index is 0.736. The highest BCUT2D eigenvalue weighted by atomic mass is 15.5. The summed E-state index contributed by atoms with van der Waals surface area (Å²) in [5.74, 6) is 0. The van der Waals surface area contributed by atoms with Crippen molar-refractivity contribution in [3.05, 3.63) is 48.3 Å². The summed E-state index contributed by atoms with van der Waals surface area (Å²) >= 11 is 0. The van der Waals surface area contributed by atoms with Crippen LogP contribution in [0.5, 0.6) is 0 Å². The largest absolute Gasteiger partial charge is 0.379 e. The zero-order valence-electron chi connectivity index (χ0n) is 11.4. The fourth-order valence-electron chi connectivity index (χ4n) is 2.04. The van der Waals surface area contributed by atoms with Crippen molar-refractivity contribution in [2.75, 3.05) is 5.32 Å². The third-order valence-corrected chi connectivity index (χ3v) is 3.18. The van der Waals surface area contributed by atoms with Gasteiger partial charge in [0.2, 0.25) is 0 Å². The quantitative estimate of drug-likeness (QED) is 0.773. The van der Waals surface area contributed by atoms with Gasteiger partial charge in [0, 0.05) is 18.9 Å². The molecule has 0 aliphatic rings. The van der Waals surface area contributed by atoms with Crippen molar-refractivity contribution in [1.82, 2.24) is 29.8 Å². The lowest BCUT2D eigenvalue weighted by Gasteiger charge is -2.10. The maximum Gasteiger partial charge on any atom is 0.143 e. The van der Waals surface area contributed by atoms with Crippen LogP contribution < -0.4 is 5.32 Å². The number of hydrogen-bond donors (Lipinski definition) is 1. The molecule has 7 nitrogen and oxygen atoms in total. The number of anilines is 1. The summed E-state index contributed by atoms with van der Waals surface area (Å²) < 4.78 is 3.65. The number of nitrogens with zero attached hydrogens (tertiary/aromatic N) is 6. The molecule has 0 bridgehead atoms. The molecule has 2 aromatic heterocycles. The van der Waals surface area contributed by atoms with E-state index in [0.717, 1.165) is 29.2 Å². The van der Waals surface area contributed by atoms with Crippen molar-refractivity contribution in [2.24, 2.45) is 7.05 Å². The molecule has 1 aromatic carbocycles. The fourth-order valence-corrected chi connectivity index (χ4v) is 2.04. The van der Waals surface area contributed by atoms with E-state index in [2.05, 4.69) is 31.9 Å². The van der Waals surface area contributed by atoms with Crippen LogP contribution in [0, 0.1) is 6.92 Å². The molecule has 0 saturated carbocycles. The third-order valence-electron chi connectivity index (χ3n) is 3.18. The Bertz CT molecular complexity index is 699. The average molecular weight is 269 g/mol. The number of aromatic nitrogens is 6. The molecule has 2 heterocycles. The lowest BCUT2D eigenvalue weighted by Crippen LogP contribution is -2.05. The third kappa shape index (κ3) is 2.37. The molecule has 0 spiro atoms. The molecule has 0 amide bonds. The van der Waals surface area contributed by atoms with Crippen LogP contribution in [0.15, 0.2) is 37.1 Å². The number of benzene rings is 1. The smallest absolute Gasteiger partial charge is 0.143 e. The van der Waals surface area contributed by atoms with E-state index in [1.165, 1.54) is 0 Å². The lowest BCUT2D eigenvalue weighted by molar-refractivity contribution is 0.785. The van der Waals surface area contributed by atoms with Gasteiger partial charge in [-0.1, -0.05) is 0 Å². The Morgan fingerprint density at radius 2 is 2.15 bits per heavy atom. The number of aryl methyl sites for hydroxylation is 2. The Morgan fingerprint density at radius 1 is 1.25 bits per heavy atom. The van der Waals surface area contributed by atoms with Crippen LogP contribution in [-0.4, -0.2) is 29.8 Å². The topological polar surface area (TPSA) is 73.5 Å². The fraction of sp³-hybridized carbons (Fsp3) is 0.231. The molecule has 0 aliphatic heterocycles. The molecule has 3 rings (SSSR count). The van der Waals surface area contributed by atoms with Gasteiger partial charge >= 0.3 is 0 Å². The Hall–Kier alpha value is -2.70. The average Bonchev–Trinajstić information content (AvgIpc) is 3.08. The van der Waals surface area contributed by atoms with Gasteiger partial charge in [-0.15, -0.1) is 5.10 Å². The minimum absolute atomic E-state index is 0.736. The van der Waals surface area contributed by atoms with Crippen LogP contribution in [0.3, 0.4) is 0 Å². The number of tetrazole rings is 1. The summed E-state index contributed by atoms with van der Waals surface area (Å²) in [7, 11) is 1.98. The molecule has 0 unspecified atom stereocenters. The number of nitrogens with one attached hydrogen (secondary N) is 1. The molecule has 3 aromatic rings. The van der Waals surface area contributed by atoms with Gasteiger partial charge < -0.3 is 9.88 Å². The molecule has 0 atom stereocenters. The monoisotopic (exact) mass is 269 g/mol. The van der Waals surface area contributed by atoms with E-state index in [1.54, 1.807) is 17.3 Å². The van der Waals surface area contributed by atoms with Crippen LogP contribution >= 0.6 is 0 Å². The summed E-state index contributed by atoms with van der Waals surface area (Å²) in [6.07, 6.45) is 5.24. The standard InChI is InChI=1S/C13H15N7/c1-10-5-11(15-7-12-6-14-8-19(12)2)3-4-13(10)20-9-16-17-18-20/h3-6,8-9,15H,7H2,1-2H3. The normalized spacial score (nSPS) is 10.7. The maximum absolute atomic E-state index is 4.10. The highest BCUT2D eigenvalue weighted by Crippen LogP contribution is 2.18. The predicted octanol–water partition coefficient (Wildman–Crippen LogP) is 1.32. The van der Waals surface area contributed by atoms with E-state index >= 15 is 0 Å². The highest BCUT2D eigenvalue weighted by molar-refractivity contribution is 5.53. The minimum Gasteiger partial charge on any atom is -0.379 e. The molecular formula is C13H15N7. The van der Waals surface area contributed by atoms with Crippen molar-refractivity contribution in [1.29, 1.82) is 0 Å². The molecule has 1 N–H and O–H groups in total. The van der Waals surface area contributed by atoms with Crippen molar-refractivity contribution in [2.45, 2.75) is 13.5 Å². The maximum atomic E-state index is 4.10. The highest BCUT2D eigenvalue weighted by Gasteiger charge is 2.04. The molecule has 7 heteroatoms. The van der Waals surface area contributed by atoms with Gasteiger partial charge in [0.25, 0.3) is 0 Å². The van der Waals surface area contributed by atoms with Crippen molar-refractivity contribution < 1.29 is 0 Å². The summed E-state index contributed by atoms with van der Waals surface area (Å²) in [5, 5.41) is 14.6. The SMILES string of the molecule is Cc1cc(NCc2cncn2C)ccc1-n1cnnn1. The molecule has 20 heavy (non-hydrogen) atoms. The first-order chi connectivity index (χ1) is 9.74. The van der Waals surface area contributed by atoms with Crippen LogP contribution in [0.25, 0.3) is 5.69 Å². The Labute approximate surface area is 116 Å². The second kappa shape index (κ2) is 5.12. The Kier molecular flexibility index (Phi) is 3.16. The van der Waals surface area contributed by atoms with Gasteiger partial charge in [-0.3, -0.25) is 0 Å². The van der Waals surface area contributed by atoms with Gasteiger partial charge in [0.05, 0.1) is 24.3 Å². The van der Waals surface area contributed by atoms with E-state index in [4.69, 9.17) is 0 Å². The van der Waals surface area contributed by atoms with Crippen LogP contribution in [0.4, 0.5) is 5.69 Å². The molecule has 0 fully saturated rings. The number of hydrogen-bond acceptors (Lipinski definition) is 5. The summed E-state index contributed by atoms with van der Waals surface area (Å²) in [6.45, 7) is 2.77. The van der Waals surface area contributed by atoms with E-state index in [9.17, 15) is 0 Å². The van der Waals surface area contributed by atoms with Gasteiger partial charge in [-0.2, -0.15) is 0 Å². The zero-order valence-corrected chi connectivity index (χ0v) is 11.4. The van der Waals surface area contributed by atoms with E-state index in [-0.39, 0.29) is 0 Å². The Balaban J connectivity index is 1.76. The summed E-state index contributed by atoms with van der Waals surface area (Å²) in [6, 6.07) is 6.09. The molecule has 0 saturated heterocycles. The molecule has 0 aliphatic carbocycles. The van der Waals surface area contributed by atoms with Gasteiger partial charge in [0.1, 0.15) is 6.33 Å². The first-order valence-electron chi connectivity index (χ1n) is 6.27.